The molecular formula is C22H30N4O10. The largest absolute Gasteiger partial charge is 0.508 e. The first-order chi connectivity index (χ1) is 16.8. The number of phenolic OH excluding ortho intramolecular Hbond substituents is 1. The molecule has 9 N–H and O–H groups in total. The molecule has 3 amide bonds. The molecule has 198 valence electrons. The van der Waals surface area contributed by atoms with Gasteiger partial charge in [0.25, 0.3) is 0 Å². The number of hydrogen-bond donors (Lipinski definition) is 8. The van der Waals surface area contributed by atoms with Crippen molar-refractivity contribution >= 4 is 35.6 Å². The van der Waals surface area contributed by atoms with Crippen molar-refractivity contribution in [2.45, 2.75) is 63.2 Å². The fourth-order valence-electron chi connectivity index (χ4n) is 2.97. The van der Waals surface area contributed by atoms with E-state index in [1.165, 1.54) is 31.2 Å². The minimum atomic E-state index is -1.40. The number of hydrogen-bond acceptors (Lipinski definition) is 8. The molecule has 0 aliphatic heterocycles. The molecule has 4 unspecified atom stereocenters. The van der Waals surface area contributed by atoms with Gasteiger partial charge in [-0.3, -0.25) is 24.0 Å². The normalized spacial score (nSPS) is 13.9. The van der Waals surface area contributed by atoms with E-state index in [2.05, 4.69) is 16.0 Å². The molecule has 1 aromatic rings. The van der Waals surface area contributed by atoms with Crippen LogP contribution in [0.5, 0.6) is 5.75 Å². The van der Waals surface area contributed by atoms with E-state index >= 15 is 0 Å². The van der Waals surface area contributed by atoms with Crippen molar-refractivity contribution in [2.75, 3.05) is 0 Å². The van der Waals surface area contributed by atoms with Crippen LogP contribution in [0.4, 0.5) is 0 Å². The van der Waals surface area contributed by atoms with Crippen molar-refractivity contribution in [1.82, 2.24) is 16.0 Å². The highest BCUT2D eigenvalue weighted by atomic mass is 16.4. The molecule has 14 heteroatoms. The minimum absolute atomic E-state index is 0.0154. The van der Waals surface area contributed by atoms with E-state index in [4.69, 9.17) is 15.9 Å². The smallest absolute Gasteiger partial charge is 0.326 e. The Labute approximate surface area is 205 Å². The molecule has 0 aromatic heterocycles. The Morgan fingerprint density at radius 1 is 0.778 bits per heavy atom. The average molecular weight is 511 g/mol. The van der Waals surface area contributed by atoms with Crippen LogP contribution in [0.2, 0.25) is 0 Å². The highest BCUT2D eigenvalue weighted by Crippen LogP contribution is 2.11. The van der Waals surface area contributed by atoms with E-state index in [0.717, 1.165) is 0 Å². The van der Waals surface area contributed by atoms with Gasteiger partial charge in [-0.2, -0.15) is 0 Å². The standard InChI is InChI=1S/C22H30N4O10/c1-11(19(32)26-16(22(35)36)10-12-2-4-13(27)5-3-12)24-21(34)15(7-9-18(30)31)25-20(33)14(23)6-8-17(28)29/h2-5,11,14-16,27H,6-10,23H2,1H3,(H,24,34)(H,25,33)(H,26,32)(H,28,29)(H,30,31)(H,35,36). The molecule has 0 saturated heterocycles. The van der Waals surface area contributed by atoms with Gasteiger partial charge in [-0.15, -0.1) is 0 Å². The number of carbonyl (C=O) groups excluding carboxylic acids is 3. The van der Waals surface area contributed by atoms with Gasteiger partial charge in [-0.1, -0.05) is 12.1 Å². The lowest BCUT2D eigenvalue weighted by Crippen LogP contribution is -2.56. The Morgan fingerprint density at radius 3 is 1.83 bits per heavy atom. The molecule has 0 fully saturated rings. The summed E-state index contributed by atoms with van der Waals surface area (Å²) in [4.78, 5) is 70.6. The molecule has 1 rings (SSSR count). The van der Waals surface area contributed by atoms with E-state index in [9.17, 15) is 39.0 Å². The predicted molar refractivity (Wildman–Crippen MR) is 123 cm³/mol. The van der Waals surface area contributed by atoms with E-state index in [1.54, 1.807) is 0 Å². The van der Waals surface area contributed by atoms with Crippen LogP contribution in [0.15, 0.2) is 24.3 Å². The number of phenols is 1. The number of nitrogens with one attached hydrogen (secondary N) is 3. The quantitative estimate of drug-likeness (QED) is 0.136. The molecule has 0 aliphatic carbocycles. The molecule has 0 saturated carbocycles. The van der Waals surface area contributed by atoms with Crippen LogP contribution in [0.1, 0.15) is 38.2 Å². The van der Waals surface area contributed by atoms with E-state index in [-0.39, 0.29) is 25.0 Å². The molecule has 0 bridgehead atoms. The summed E-state index contributed by atoms with van der Waals surface area (Å²) in [6.07, 6.45) is -1.56. The second-order valence-electron chi connectivity index (χ2n) is 8.03. The fourth-order valence-corrected chi connectivity index (χ4v) is 2.97. The summed E-state index contributed by atoms with van der Waals surface area (Å²) in [5, 5.41) is 43.2. The van der Waals surface area contributed by atoms with Crippen LogP contribution < -0.4 is 21.7 Å². The SMILES string of the molecule is CC(NC(=O)C(CCC(=O)O)NC(=O)C(N)CCC(=O)O)C(=O)NC(Cc1ccc(O)cc1)C(=O)O. The van der Waals surface area contributed by atoms with Crippen LogP contribution in [-0.2, 0) is 35.2 Å². The number of amides is 3. The third kappa shape index (κ3) is 10.8. The van der Waals surface area contributed by atoms with Crippen molar-refractivity contribution in [3.05, 3.63) is 29.8 Å². The van der Waals surface area contributed by atoms with Crippen LogP contribution in [0.3, 0.4) is 0 Å². The topological polar surface area (TPSA) is 245 Å². The lowest BCUT2D eigenvalue weighted by Gasteiger charge is -2.23. The second kappa shape index (κ2) is 14.3. The summed E-state index contributed by atoms with van der Waals surface area (Å²) < 4.78 is 0. The maximum Gasteiger partial charge on any atom is 0.326 e. The Bertz CT molecular complexity index is 966. The number of carbonyl (C=O) groups is 6. The Balaban J connectivity index is 2.81. The van der Waals surface area contributed by atoms with Gasteiger partial charge in [-0.25, -0.2) is 4.79 Å². The van der Waals surface area contributed by atoms with Gasteiger partial charge in [0.2, 0.25) is 17.7 Å². The van der Waals surface area contributed by atoms with E-state index in [0.29, 0.717) is 5.56 Å². The first-order valence-electron chi connectivity index (χ1n) is 10.9. The van der Waals surface area contributed by atoms with Gasteiger partial charge in [0.05, 0.1) is 6.04 Å². The lowest BCUT2D eigenvalue weighted by molar-refractivity contribution is -0.142. The van der Waals surface area contributed by atoms with Crippen molar-refractivity contribution in [2.24, 2.45) is 5.73 Å². The molecular weight excluding hydrogens is 480 g/mol. The number of nitrogens with two attached hydrogens (primary N) is 1. The predicted octanol–water partition coefficient (Wildman–Crippen LogP) is -1.45. The van der Waals surface area contributed by atoms with E-state index in [1.807, 2.05) is 0 Å². The summed E-state index contributed by atoms with van der Waals surface area (Å²) in [7, 11) is 0. The number of aliphatic carboxylic acids is 3. The molecule has 1 aromatic carbocycles. The van der Waals surface area contributed by atoms with Gasteiger partial charge >= 0.3 is 17.9 Å². The van der Waals surface area contributed by atoms with Gasteiger partial charge in [-0.05, 0) is 37.5 Å². The van der Waals surface area contributed by atoms with Gasteiger partial charge in [0, 0.05) is 19.3 Å². The van der Waals surface area contributed by atoms with Crippen LogP contribution in [0.25, 0.3) is 0 Å². The van der Waals surface area contributed by atoms with Gasteiger partial charge in [0.15, 0.2) is 0 Å². The summed E-state index contributed by atoms with van der Waals surface area (Å²) >= 11 is 0. The molecule has 0 aliphatic rings. The highest BCUT2D eigenvalue weighted by molar-refractivity contribution is 5.94. The molecule has 36 heavy (non-hydrogen) atoms. The van der Waals surface area contributed by atoms with Gasteiger partial charge in [0.1, 0.15) is 23.9 Å². The van der Waals surface area contributed by atoms with Crippen molar-refractivity contribution in [3.63, 3.8) is 0 Å². The van der Waals surface area contributed by atoms with Crippen molar-refractivity contribution < 1.29 is 49.2 Å². The third-order valence-electron chi connectivity index (χ3n) is 5.03. The highest BCUT2D eigenvalue weighted by Gasteiger charge is 2.29. The number of carboxylic acid groups (broad SMARTS) is 3. The summed E-state index contributed by atoms with van der Waals surface area (Å²) in [5.74, 6) is -6.42. The van der Waals surface area contributed by atoms with E-state index < -0.39 is 72.6 Å². The maximum absolute atomic E-state index is 12.7. The lowest BCUT2D eigenvalue weighted by atomic mass is 10.1. The van der Waals surface area contributed by atoms with Crippen LogP contribution in [0, 0.1) is 0 Å². The summed E-state index contributed by atoms with van der Waals surface area (Å²) in [6, 6.07) is 0.417. The molecule has 14 nitrogen and oxygen atoms in total. The Kier molecular flexibility index (Phi) is 11.8. The molecule has 4 atom stereocenters. The van der Waals surface area contributed by atoms with Crippen molar-refractivity contribution in [3.8, 4) is 5.75 Å². The number of benzene rings is 1. The first kappa shape index (κ1) is 29.8. The Morgan fingerprint density at radius 2 is 1.31 bits per heavy atom. The fraction of sp³-hybridized carbons (Fsp3) is 0.455. The molecule has 0 heterocycles. The van der Waals surface area contributed by atoms with Crippen LogP contribution >= 0.6 is 0 Å². The van der Waals surface area contributed by atoms with Crippen LogP contribution in [-0.4, -0.2) is 80.2 Å². The van der Waals surface area contributed by atoms with Crippen molar-refractivity contribution in [1.29, 1.82) is 0 Å². The zero-order valence-corrected chi connectivity index (χ0v) is 19.5. The third-order valence-corrected chi connectivity index (χ3v) is 5.03. The Hall–Kier alpha value is -4.20. The second-order valence-corrected chi connectivity index (χ2v) is 8.03. The minimum Gasteiger partial charge on any atom is -0.508 e. The van der Waals surface area contributed by atoms with Gasteiger partial charge < -0.3 is 42.1 Å². The maximum atomic E-state index is 12.7. The summed E-state index contributed by atoms with van der Waals surface area (Å²) in [6.45, 7) is 1.27. The number of carboxylic acids is 3. The molecule has 0 spiro atoms. The summed E-state index contributed by atoms with van der Waals surface area (Å²) in [5.41, 5.74) is 6.14. The average Bonchev–Trinajstić information content (AvgIpc) is 2.80. The monoisotopic (exact) mass is 510 g/mol. The molecule has 0 radical (unpaired) electrons. The zero-order valence-electron chi connectivity index (χ0n) is 19.5. The zero-order chi connectivity index (χ0) is 27.4. The number of aromatic hydroxyl groups is 1. The first-order valence-corrected chi connectivity index (χ1v) is 10.9. The number of rotatable bonds is 15.